The third-order valence-corrected chi connectivity index (χ3v) is 5.68. The van der Waals surface area contributed by atoms with Gasteiger partial charge in [0.05, 0.1) is 10.7 Å². The molecule has 5 aromatic rings. The van der Waals surface area contributed by atoms with Crippen LogP contribution in [0.2, 0.25) is 5.02 Å². The van der Waals surface area contributed by atoms with Crippen LogP contribution < -0.4 is 20.3 Å². The Morgan fingerprint density at radius 2 is 1.67 bits per heavy atom. The monoisotopic (exact) mass is 498 g/mol. The van der Waals surface area contributed by atoms with E-state index in [1.54, 1.807) is 41.3 Å². The predicted molar refractivity (Wildman–Crippen MR) is 144 cm³/mol. The normalized spacial score (nSPS) is 10.8. The van der Waals surface area contributed by atoms with Gasteiger partial charge in [-0.05, 0) is 59.3 Å². The third kappa shape index (κ3) is 5.24. The van der Waals surface area contributed by atoms with Gasteiger partial charge >= 0.3 is 6.03 Å². The fourth-order valence-corrected chi connectivity index (χ4v) is 3.84. The number of carbonyl (C=O) groups excluding carboxylic acids is 1. The number of rotatable bonds is 6. The molecular formula is C27H23ClN6O2. The lowest BCUT2D eigenvalue weighted by Crippen LogP contribution is -2.19. The molecule has 2 N–H and O–H groups in total. The molecule has 36 heavy (non-hydrogen) atoms. The molecule has 9 heteroatoms. The van der Waals surface area contributed by atoms with Crippen molar-refractivity contribution in [3.05, 3.63) is 96.3 Å². The molecule has 0 aliphatic rings. The lowest BCUT2D eigenvalue weighted by molar-refractivity contribution is 0.262. The van der Waals surface area contributed by atoms with E-state index >= 15 is 0 Å². The minimum absolute atomic E-state index is 0.380. The van der Waals surface area contributed by atoms with Gasteiger partial charge in [-0.3, -0.25) is 0 Å². The van der Waals surface area contributed by atoms with Crippen LogP contribution >= 0.6 is 11.6 Å². The van der Waals surface area contributed by atoms with Crippen molar-refractivity contribution >= 4 is 45.7 Å². The minimum atomic E-state index is -0.404. The van der Waals surface area contributed by atoms with Crippen LogP contribution in [0.1, 0.15) is 0 Å². The van der Waals surface area contributed by atoms with Gasteiger partial charge in [0.2, 0.25) is 5.95 Å². The van der Waals surface area contributed by atoms with Gasteiger partial charge in [-0.15, -0.1) is 5.10 Å². The van der Waals surface area contributed by atoms with E-state index in [2.05, 4.69) is 20.7 Å². The number of amides is 2. The SMILES string of the molecule is CN(C)c1ncn(-c2cccc(NC(=O)Nc3ccc(Oc4ccc5ccccc5c4)c(Cl)c3)c2)n1. The highest BCUT2D eigenvalue weighted by Gasteiger charge is 2.10. The van der Waals surface area contributed by atoms with Gasteiger partial charge in [-0.1, -0.05) is 48.0 Å². The van der Waals surface area contributed by atoms with Gasteiger partial charge in [0, 0.05) is 25.5 Å². The molecule has 0 bridgehead atoms. The van der Waals surface area contributed by atoms with Crippen molar-refractivity contribution in [3.8, 4) is 17.2 Å². The molecule has 5 rings (SSSR count). The van der Waals surface area contributed by atoms with E-state index in [9.17, 15) is 4.79 Å². The Hall–Kier alpha value is -4.56. The Morgan fingerprint density at radius 1 is 0.889 bits per heavy atom. The average molecular weight is 499 g/mol. The molecule has 2 amide bonds. The average Bonchev–Trinajstić information content (AvgIpc) is 3.37. The second-order valence-corrected chi connectivity index (χ2v) is 8.68. The van der Waals surface area contributed by atoms with Crippen LogP contribution in [-0.4, -0.2) is 34.9 Å². The molecule has 8 nitrogen and oxygen atoms in total. The van der Waals surface area contributed by atoms with E-state index in [1.165, 1.54) is 0 Å². The number of urea groups is 1. The van der Waals surface area contributed by atoms with Crippen molar-refractivity contribution in [2.24, 2.45) is 0 Å². The van der Waals surface area contributed by atoms with Crippen molar-refractivity contribution < 1.29 is 9.53 Å². The molecule has 0 saturated heterocycles. The predicted octanol–water partition coefficient (Wildman–Crippen LogP) is 6.58. The minimum Gasteiger partial charge on any atom is -0.456 e. The Morgan fingerprint density at radius 3 is 2.42 bits per heavy atom. The molecule has 0 aliphatic carbocycles. The van der Waals surface area contributed by atoms with E-state index in [-0.39, 0.29) is 0 Å². The quantitative estimate of drug-likeness (QED) is 0.276. The van der Waals surface area contributed by atoms with E-state index in [4.69, 9.17) is 16.3 Å². The molecule has 0 atom stereocenters. The van der Waals surface area contributed by atoms with Gasteiger partial charge in [0.1, 0.15) is 17.8 Å². The summed E-state index contributed by atoms with van der Waals surface area (Å²) in [6.07, 6.45) is 1.62. The number of fused-ring (bicyclic) bond motifs is 1. The first kappa shape index (κ1) is 23.2. The molecule has 0 saturated carbocycles. The summed E-state index contributed by atoms with van der Waals surface area (Å²) >= 11 is 6.44. The van der Waals surface area contributed by atoms with E-state index in [1.807, 2.05) is 73.6 Å². The van der Waals surface area contributed by atoms with Crippen LogP contribution in [0.5, 0.6) is 11.5 Å². The molecule has 0 aliphatic heterocycles. The second kappa shape index (κ2) is 9.97. The maximum Gasteiger partial charge on any atom is 0.323 e. The van der Waals surface area contributed by atoms with Gasteiger partial charge in [0.25, 0.3) is 0 Å². The highest BCUT2D eigenvalue weighted by molar-refractivity contribution is 6.32. The first-order valence-electron chi connectivity index (χ1n) is 11.2. The number of ether oxygens (including phenoxy) is 1. The molecule has 0 radical (unpaired) electrons. The van der Waals surface area contributed by atoms with Gasteiger partial charge in [0.15, 0.2) is 0 Å². The zero-order chi connectivity index (χ0) is 25.1. The molecule has 0 spiro atoms. The number of nitrogens with zero attached hydrogens (tertiary/aromatic N) is 4. The molecule has 0 unspecified atom stereocenters. The standard InChI is InChI=1S/C27H23ClN6O2/c1-33(2)26-29-17-34(32-26)22-9-5-8-20(15-22)30-27(35)31-21-11-13-25(24(28)16-21)36-23-12-10-18-6-3-4-7-19(18)14-23/h3-17H,1-2H3,(H2,30,31,35). The third-order valence-electron chi connectivity index (χ3n) is 5.39. The fourth-order valence-electron chi connectivity index (χ4n) is 3.62. The van der Waals surface area contributed by atoms with Crippen molar-refractivity contribution in [2.75, 3.05) is 29.6 Å². The van der Waals surface area contributed by atoms with Crippen molar-refractivity contribution in [1.29, 1.82) is 0 Å². The Kier molecular flexibility index (Phi) is 6.42. The topological polar surface area (TPSA) is 84.3 Å². The number of hydrogen-bond donors (Lipinski definition) is 2. The molecule has 180 valence electrons. The number of benzene rings is 4. The lowest BCUT2D eigenvalue weighted by atomic mass is 10.1. The van der Waals surface area contributed by atoms with E-state index in [0.717, 1.165) is 16.5 Å². The number of halogens is 1. The van der Waals surface area contributed by atoms with E-state index in [0.29, 0.717) is 33.8 Å². The highest BCUT2D eigenvalue weighted by Crippen LogP contribution is 2.33. The number of carbonyl (C=O) groups is 1. The summed E-state index contributed by atoms with van der Waals surface area (Å²) in [4.78, 5) is 18.7. The van der Waals surface area contributed by atoms with Crippen molar-refractivity contribution in [2.45, 2.75) is 0 Å². The maximum atomic E-state index is 12.6. The van der Waals surface area contributed by atoms with Crippen LogP contribution in [-0.2, 0) is 0 Å². The van der Waals surface area contributed by atoms with Crippen LogP contribution in [0.4, 0.5) is 22.1 Å². The zero-order valence-corrected chi connectivity index (χ0v) is 20.4. The van der Waals surface area contributed by atoms with Crippen molar-refractivity contribution in [1.82, 2.24) is 14.8 Å². The smallest absolute Gasteiger partial charge is 0.323 e. The molecular weight excluding hydrogens is 476 g/mol. The summed E-state index contributed by atoms with van der Waals surface area (Å²) < 4.78 is 7.61. The summed E-state index contributed by atoms with van der Waals surface area (Å²) in [7, 11) is 3.74. The summed E-state index contributed by atoms with van der Waals surface area (Å²) in [6, 6.07) is 25.9. The summed E-state index contributed by atoms with van der Waals surface area (Å²) in [5.41, 5.74) is 1.91. The lowest BCUT2D eigenvalue weighted by Gasteiger charge is -2.12. The molecule has 1 heterocycles. The van der Waals surface area contributed by atoms with Crippen LogP contribution in [0.15, 0.2) is 91.3 Å². The summed E-state index contributed by atoms with van der Waals surface area (Å²) in [6.45, 7) is 0. The van der Waals surface area contributed by atoms with E-state index < -0.39 is 6.03 Å². The van der Waals surface area contributed by atoms with Gasteiger partial charge in [-0.25, -0.2) is 9.48 Å². The first-order chi connectivity index (χ1) is 17.4. The molecule has 1 aromatic heterocycles. The summed E-state index contributed by atoms with van der Waals surface area (Å²) in [5.74, 6) is 1.77. The molecule has 4 aromatic carbocycles. The fraction of sp³-hybridized carbons (Fsp3) is 0.0741. The van der Waals surface area contributed by atoms with Gasteiger partial charge < -0.3 is 20.3 Å². The second-order valence-electron chi connectivity index (χ2n) is 8.27. The first-order valence-corrected chi connectivity index (χ1v) is 11.6. The van der Waals surface area contributed by atoms with Gasteiger partial charge in [-0.2, -0.15) is 4.98 Å². The van der Waals surface area contributed by atoms with Crippen LogP contribution in [0.3, 0.4) is 0 Å². The van der Waals surface area contributed by atoms with Crippen LogP contribution in [0, 0.1) is 0 Å². The van der Waals surface area contributed by atoms with Crippen LogP contribution in [0.25, 0.3) is 16.5 Å². The number of aromatic nitrogens is 3. The Labute approximate surface area is 213 Å². The number of hydrogen-bond acceptors (Lipinski definition) is 5. The van der Waals surface area contributed by atoms with Crippen molar-refractivity contribution in [3.63, 3.8) is 0 Å². The summed E-state index contributed by atoms with van der Waals surface area (Å²) in [5, 5.41) is 12.6. The highest BCUT2D eigenvalue weighted by atomic mass is 35.5. The zero-order valence-electron chi connectivity index (χ0n) is 19.6. The number of nitrogens with one attached hydrogen (secondary N) is 2. The maximum absolute atomic E-state index is 12.6. The Bertz CT molecular complexity index is 1550. The number of anilines is 3. The Balaban J connectivity index is 1.24. The largest absolute Gasteiger partial charge is 0.456 e. The molecule has 0 fully saturated rings.